The standard InChI is InChI=1S/C23H25N3O4/c1-6-19(27)26(18-13-9-16(10-14-18)22(29)30-5)20(21(28)25-23(2,3)4)15-7-11-17(24)12-8-15/h1,7-14,20H,24H2,2-5H3,(H,25,28). The average Bonchev–Trinajstić information content (AvgIpc) is 2.70. The number of carbonyl (C=O) groups is 3. The molecule has 2 amide bonds. The van der Waals surface area contributed by atoms with Gasteiger partial charge in [0.15, 0.2) is 0 Å². The molecule has 1 atom stereocenters. The smallest absolute Gasteiger partial charge is 0.337 e. The number of methoxy groups -OCH3 is 1. The lowest BCUT2D eigenvalue weighted by molar-refractivity contribution is -0.126. The third kappa shape index (κ3) is 5.39. The van der Waals surface area contributed by atoms with Crippen molar-refractivity contribution in [3.05, 3.63) is 59.7 Å². The number of nitrogen functional groups attached to an aromatic ring is 1. The molecule has 0 spiro atoms. The first-order valence-electron chi connectivity index (χ1n) is 9.23. The van der Waals surface area contributed by atoms with Crippen molar-refractivity contribution in [1.82, 2.24) is 5.32 Å². The first-order valence-corrected chi connectivity index (χ1v) is 9.23. The summed E-state index contributed by atoms with van der Waals surface area (Å²) in [5, 5.41) is 2.89. The number of anilines is 2. The van der Waals surface area contributed by atoms with Gasteiger partial charge in [0.2, 0.25) is 5.91 Å². The second-order valence-corrected chi connectivity index (χ2v) is 7.67. The van der Waals surface area contributed by atoms with Crippen molar-refractivity contribution in [2.24, 2.45) is 0 Å². The average molecular weight is 407 g/mol. The molecule has 0 fully saturated rings. The van der Waals surface area contributed by atoms with E-state index in [1.165, 1.54) is 36.3 Å². The maximum absolute atomic E-state index is 13.2. The normalized spacial score (nSPS) is 11.7. The van der Waals surface area contributed by atoms with Crippen molar-refractivity contribution < 1.29 is 19.1 Å². The van der Waals surface area contributed by atoms with Gasteiger partial charge in [-0.3, -0.25) is 14.5 Å². The number of nitrogens with two attached hydrogens (primary N) is 1. The molecule has 2 rings (SSSR count). The van der Waals surface area contributed by atoms with Crippen LogP contribution in [-0.4, -0.2) is 30.4 Å². The molecular formula is C23H25N3O4. The molecule has 7 heteroatoms. The van der Waals surface area contributed by atoms with Gasteiger partial charge in [0.25, 0.3) is 0 Å². The zero-order valence-corrected chi connectivity index (χ0v) is 17.4. The molecule has 0 heterocycles. The summed E-state index contributed by atoms with van der Waals surface area (Å²) in [6.45, 7) is 5.51. The molecule has 2 aromatic carbocycles. The fourth-order valence-electron chi connectivity index (χ4n) is 2.86. The van der Waals surface area contributed by atoms with Crippen LogP contribution in [0.5, 0.6) is 0 Å². The van der Waals surface area contributed by atoms with E-state index >= 15 is 0 Å². The molecule has 0 aliphatic rings. The molecule has 0 aliphatic heterocycles. The number of esters is 1. The van der Waals surface area contributed by atoms with Crippen molar-refractivity contribution >= 4 is 29.2 Å². The molecule has 156 valence electrons. The zero-order chi connectivity index (χ0) is 22.5. The number of nitrogens with one attached hydrogen (secondary N) is 1. The third-order valence-corrected chi connectivity index (χ3v) is 4.17. The number of hydrogen-bond acceptors (Lipinski definition) is 5. The van der Waals surface area contributed by atoms with Gasteiger partial charge in [0.05, 0.1) is 12.7 Å². The van der Waals surface area contributed by atoms with Gasteiger partial charge in [-0.15, -0.1) is 6.42 Å². The lowest BCUT2D eigenvalue weighted by atomic mass is 10.00. The van der Waals surface area contributed by atoms with E-state index in [2.05, 4.69) is 11.2 Å². The van der Waals surface area contributed by atoms with E-state index in [1.54, 1.807) is 24.3 Å². The van der Waals surface area contributed by atoms with E-state index in [0.717, 1.165) is 0 Å². The summed E-state index contributed by atoms with van der Waals surface area (Å²) >= 11 is 0. The van der Waals surface area contributed by atoms with Crippen LogP contribution in [0.25, 0.3) is 0 Å². The highest BCUT2D eigenvalue weighted by molar-refractivity contribution is 6.10. The van der Waals surface area contributed by atoms with Crippen LogP contribution in [0.3, 0.4) is 0 Å². The highest BCUT2D eigenvalue weighted by atomic mass is 16.5. The predicted molar refractivity (Wildman–Crippen MR) is 116 cm³/mol. The van der Waals surface area contributed by atoms with E-state index in [-0.39, 0.29) is 0 Å². The molecule has 2 aromatic rings. The van der Waals surface area contributed by atoms with Crippen molar-refractivity contribution in [1.29, 1.82) is 0 Å². The van der Waals surface area contributed by atoms with Crippen LogP contribution in [0.15, 0.2) is 48.5 Å². The van der Waals surface area contributed by atoms with Crippen molar-refractivity contribution in [3.63, 3.8) is 0 Å². The van der Waals surface area contributed by atoms with Gasteiger partial charge in [-0.1, -0.05) is 12.1 Å². The second-order valence-electron chi connectivity index (χ2n) is 7.67. The molecule has 0 saturated heterocycles. The number of ether oxygens (including phenoxy) is 1. The molecule has 0 bridgehead atoms. The number of benzene rings is 2. The molecule has 7 nitrogen and oxygen atoms in total. The van der Waals surface area contributed by atoms with Crippen LogP contribution >= 0.6 is 0 Å². The molecule has 30 heavy (non-hydrogen) atoms. The number of carbonyl (C=O) groups excluding carboxylic acids is 3. The van der Waals surface area contributed by atoms with Crippen LogP contribution < -0.4 is 16.0 Å². The molecule has 0 aromatic heterocycles. The van der Waals surface area contributed by atoms with Crippen molar-refractivity contribution in [2.45, 2.75) is 32.4 Å². The van der Waals surface area contributed by atoms with E-state index < -0.39 is 29.4 Å². The molecule has 1 unspecified atom stereocenters. The predicted octanol–water partition coefficient (Wildman–Crippen LogP) is 2.68. The minimum atomic E-state index is -1.04. The highest BCUT2D eigenvalue weighted by Gasteiger charge is 2.34. The van der Waals surface area contributed by atoms with Gasteiger partial charge in [-0.05, 0) is 68.7 Å². The summed E-state index contributed by atoms with van der Waals surface area (Å²) in [4.78, 5) is 38.9. The Kier molecular flexibility index (Phi) is 6.85. The van der Waals surface area contributed by atoms with E-state index in [9.17, 15) is 14.4 Å². The number of terminal acetylenes is 1. The van der Waals surface area contributed by atoms with E-state index in [1.807, 2.05) is 20.8 Å². The zero-order valence-electron chi connectivity index (χ0n) is 17.4. The van der Waals surface area contributed by atoms with Crippen molar-refractivity contribution in [2.75, 3.05) is 17.7 Å². The summed E-state index contributed by atoms with van der Waals surface area (Å²) in [5.74, 6) is 0.454. The Morgan fingerprint density at radius 1 is 1.07 bits per heavy atom. The number of rotatable bonds is 5. The van der Waals surface area contributed by atoms with Crippen LogP contribution in [0, 0.1) is 12.3 Å². The number of nitrogens with zero attached hydrogens (tertiary/aromatic N) is 1. The largest absolute Gasteiger partial charge is 0.465 e. The second kappa shape index (κ2) is 9.14. The summed E-state index contributed by atoms with van der Waals surface area (Å²) in [5.41, 5.74) is 6.95. The topological polar surface area (TPSA) is 102 Å². The van der Waals surface area contributed by atoms with Crippen LogP contribution in [-0.2, 0) is 14.3 Å². The quantitative estimate of drug-likeness (QED) is 0.451. The van der Waals surface area contributed by atoms with Gasteiger partial charge >= 0.3 is 11.9 Å². The van der Waals surface area contributed by atoms with Crippen LogP contribution in [0.4, 0.5) is 11.4 Å². The van der Waals surface area contributed by atoms with E-state index in [0.29, 0.717) is 22.5 Å². The Balaban J connectivity index is 2.60. The van der Waals surface area contributed by atoms with E-state index in [4.69, 9.17) is 16.9 Å². The Morgan fingerprint density at radius 3 is 2.10 bits per heavy atom. The molecule has 0 aliphatic carbocycles. The summed E-state index contributed by atoms with van der Waals surface area (Å²) < 4.78 is 4.70. The maximum atomic E-state index is 13.2. The summed E-state index contributed by atoms with van der Waals surface area (Å²) in [6.07, 6.45) is 5.41. The molecule has 0 radical (unpaired) electrons. The fraction of sp³-hybridized carbons (Fsp3) is 0.261. The number of hydrogen-bond donors (Lipinski definition) is 2. The Labute approximate surface area is 176 Å². The van der Waals surface area contributed by atoms with Gasteiger partial charge in [0, 0.05) is 16.9 Å². The van der Waals surface area contributed by atoms with Gasteiger partial charge in [-0.2, -0.15) is 0 Å². The fourth-order valence-corrected chi connectivity index (χ4v) is 2.86. The Hall–Kier alpha value is -3.79. The lowest BCUT2D eigenvalue weighted by Gasteiger charge is -2.32. The first-order chi connectivity index (χ1) is 14.1. The monoisotopic (exact) mass is 407 g/mol. The maximum Gasteiger partial charge on any atom is 0.337 e. The SMILES string of the molecule is C#CC(=O)N(c1ccc(C(=O)OC)cc1)C(C(=O)NC(C)(C)C)c1ccc(N)cc1. The molecule has 3 N–H and O–H groups in total. The Bertz CT molecular complexity index is 967. The number of amides is 2. The summed E-state index contributed by atoms with van der Waals surface area (Å²) in [6, 6.07) is 11.7. The molecular weight excluding hydrogens is 382 g/mol. The minimum absolute atomic E-state index is 0.303. The summed E-state index contributed by atoms with van der Waals surface area (Å²) in [7, 11) is 1.28. The lowest BCUT2D eigenvalue weighted by Crippen LogP contribution is -2.49. The Morgan fingerprint density at radius 2 is 1.63 bits per heavy atom. The van der Waals surface area contributed by atoms with Gasteiger partial charge < -0.3 is 15.8 Å². The van der Waals surface area contributed by atoms with Gasteiger partial charge in [0.1, 0.15) is 6.04 Å². The first kappa shape index (κ1) is 22.5. The highest BCUT2D eigenvalue weighted by Crippen LogP contribution is 2.29. The van der Waals surface area contributed by atoms with Crippen molar-refractivity contribution in [3.8, 4) is 12.3 Å². The minimum Gasteiger partial charge on any atom is -0.465 e. The third-order valence-electron chi connectivity index (χ3n) is 4.17. The molecule has 0 saturated carbocycles. The van der Waals surface area contributed by atoms with Crippen LogP contribution in [0.2, 0.25) is 0 Å². The van der Waals surface area contributed by atoms with Crippen LogP contribution in [0.1, 0.15) is 42.7 Å². The van der Waals surface area contributed by atoms with Gasteiger partial charge in [-0.25, -0.2) is 4.79 Å².